The minimum Gasteiger partial charge on any atom is -0.497 e. The molecule has 0 saturated heterocycles. The quantitative estimate of drug-likeness (QED) is 0.860. The van der Waals surface area contributed by atoms with Crippen molar-refractivity contribution in [2.45, 2.75) is 25.7 Å². The predicted octanol–water partition coefficient (Wildman–Crippen LogP) is 3.65. The van der Waals surface area contributed by atoms with Crippen LogP contribution in [0.5, 0.6) is 11.5 Å². The van der Waals surface area contributed by atoms with Gasteiger partial charge in [-0.15, -0.1) is 0 Å². The van der Waals surface area contributed by atoms with Gasteiger partial charge in [-0.1, -0.05) is 0 Å². The zero-order valence-corrected chi connectivity index (χ0v) is 16.2. The van der Waals surface area contributed by atoms with Gasteiger partial charge in [0.1, 0.15) is 11.5 Å². The van der Waals surface area contributed by atoms with Crippen molar-refractivity contribution >= 4 is 23.2 Å². The lowest BCUT2D eigenvalue weighted by Gasteiger charge is -2.30. The van der Waals surface area contributed by atoms with Gasteiger partial charge >= 0.3 is 0 Å². The van der Waals surface area contributed by atoms with E-state index in [4.69, 9.17) is 9.47 Å². The van der Waals surface area contributed by atoms with Crippen LogP contribution in [-0.4, -0.2) is 32.6 Å². The summed E-state index contributed by atoms with van der Waals surface area (Å²) in [5.74, 6) is 1.27. The lowest BCUT2D eigenvalue weighted by molar-refractivity contribution is -0.119. The summed E-state index contributed by atoms with van der Waals surface area (Å²) >= 11 is 0. The maximum absolute atomic E-state index is 12.7. The molecule has 0 aromatic heterocycles. The minimum absolute atomic E-state index is 0.202. The van der Waals surface area contributed by atoms with Crippen molar-refractivity contribution in [3.05, 3.63) is 47.5 Å². The van der Waals surface area contributed by atoms with Crippen molar-refractivity contribution in [3.63, 3.8) is 0 Å². The first kappa shape index (κ1) is 18.3. The van der Waals surface area contributed by atoms with Crippen LogP contribution < -0.4 is 19.7 Å². The molecular formula is C22H24N2O4. The normalized spacial score (nSPS) is 15.6. The Hall–Kier alpha value is -3.02. The Morgan fingerprint density at radius 1 is 1.07 bits per heavy atom. The first-order chi connectivity index (χ1) is 13.6. The van der Waals surface area contributed by atoms with Gasteiger partial charge in [0.05, 0.1) is 19.8 Å². The first-order valence-corrected chi connectivity index (χ1v) is 9.58. The van der Waals surface area contributed by atoms with Gasteiger partial charge in [0.2, 0.25) is 5.91 Å². The van der Waals surface area contributed by atoms with Crippen molar-refractivity contribution in [1.82, 2.24) is 0 Å². The third kappa shape index (κ3) is 3.54. The standard InChI is InChI=1S/C22H24N2O4/c1-27-17-8-9-18(20(13-17)28-2)21(25)23-16-7-10-19-15(12-16)4-3-11-24(19)22(26)14-5-6-14/h7-10,12-14H,3-6,11H2,1-2H3,(H,23,25). The Balaban J connectivity index is 1.54. The summed E-state index contributed by atoms with van der Waals surface area (Å²) in [6.07, 6.45) is 3.85. The maximum atomic E-state index is 12.7. The molecule has 0 bridgehead atoms. The molecule has 1 aliphatic heterocycles. The Morgan fingerprint density at radius 3 is 2.61 bits per heavy atom. The molecule has 1 N–H and O–H groups in total. The van der Waals surface area contributed by atoms with E-state index >= 15 is 0 Å². The second kappa shape index (κ2) is 7.54. The van der Waals surface area contributed by atoms with Crippen LogP contribution in [0, 0.1) is 5.92 Å². The summed E-state index contributed by atoms with van der Waals surface area (Å²) in [4.78, 5) is 27.2. The predicted molar refractivity (Wildman–Crippen MR) is 107 cm³/mol. The number of benzene rings is 2. The molecule has 0 radical (unpaired) electrons. The molecule has 2 amide bonds. The highest BCUT2D eigenvalue weighted by Crippen LogP contribution is 2.36. The summed E-state index contributed by atoms with van der Waals surface area (Å²) in [6.45, 7) is 0.775. The lowest BCUT2D eigenvalue weighted by Crippen LogP contribution is -2.36. The van der Waals surface area contributed by atoms with Crippen LogP contribution in [0.25, 0.3) is 0 Å². The summed E-state index contributed by atoms with van der Waals surface area (Å²) in [5, 5.41) is 2.94. The second-order valence-corrected chi connectivity index (χ2v) is 7.23. The summed E-state index contributed by atoms with van der Waals surface area (Å²) in [5.41, 5.74) is 3.22. The van der Waals surface area contributed by atoms with Crippen LogP contribution in [-0.2, 0) is 11.2 Å². The number of nitrogens with zero attached hydrogens (tertiary/aromatic N) is 1. The number of fused-ring (bicyclic) bond motifs is 1. The average molecular weight is 380 g/mol. The molecular weight excluding hydrogens is 356 g/mol. The van der Waals surface area contributed by atoms with Crippen molar-refractivity contribution in [3.8, 4) is 11.5 Å². The molecule has 28 heavy (non-hydrogen) atoms. The van der Waals surface area contributed by atoms with Crippen molar-refractivity contribution in [2.75, 3.05) is 31.0 Å². The van der Waals surface area contributed by atoms with Gasteiger partial charge in [-0.3, -0.25) is 9.59 Å². The number of ether oxygens (including phenoxy) is 2. The van der Waals surface area contributed by atoms with Crippen molar-refractivity contribution in [2.24, 2.45) is 5.92 Å². The largest absolute Gasteiger partial charge is 0.497 e. The highest BCUT2D eigenvalue weighted by atomic mass is 16.5. The van der Waals surface area contributed by atoms with E-state index in [0.29, 0.717) is 22.7 Å². The summed E-state index contributed by atoms with van der Waals surface area (Å²) in [6, 6.07) is 10.9. The van der Waals surface area contributed by atoms with E-state index in [0.717, 1.165) is 43.5 Å². The molecule has 1 saturated carbocycles. The van der Waals surface area contributed by atoms with E-state index in [2.05, 4.69) is 5.32 Å². The highest BCUT2D eigenvalue weighted by Gasteiger charge is 2.35. The number of methoxy groups -OCH3 is 2. The van der Waals surface area contributed by atoms with Crippen LogP contribution >= 0.6 is 0 Å². The molecule has 6 heteroatoms. The minimum atomic E-state index is -0.249. The molecule has 2 aromatic carbocycles. The Morgan fingerprint density at radius 2 is 1.89 bits per heavy atom. The van der Waals surface area contributed by atoms with E-state index in [1.807, 2.05) is 23.1 Å². The molecule has 4 rings (SSSR count). The molecule has 6 nitrogen and oxygen atoms in total. The smallest absolute Gasteiger partial charge is 0.259 e. The van der Waals surface area contributed by atoms with Gasteiger partial charge < -0.3 is 19.7 Å². The third-order valence-electron chi connectivity index (χ3n) is 5.30. The van der Waals surface area contributed by atoms with Gasteiger partial charge in [-0.25, -0.2) is 0 Å². The number of nitrogens with one attached hydrogen (secondary N) is 1. The Labute approximate surface area is 164 Å². The monoisotopic (exact) mass is 380 g/mol. The molecule has 1 fully saturated rings. The summed E-state index contributed by atoms with van der Waals surface area (Å²) < 4.78 is 10.5. The number of hydrogen-bond acceptors (Lipinski definition) is 4. The number of anilines is 2. The van der Waals surface area contributed by atoms with Gasteiger partial charge in [0.25, 0.3) is 5.91 Å². The van der Waals surface area contributed by atoms with Crippen LogP contribution in [0.3, 0.4) is 0 Å². The maximum Gasteiger partial charge on any atom is 0.259 e. The SMILES string of the molecule is COc1ccc(C(=O)Nc2ccc3c(c2)CCCN3C(=O)C2CC2)c(OC)c1. The highest BCUT2D eigenvalue weighted by molar-refractivity contribution is 6.06. The van der Waals surface area contributed by atoms with Crippen molar-refractivity contribution < 1.29 is 19.1 Å². The first-order valence-electron chi connectivity index (χ1n) is 9.58. The molecule has 1 heterocycles. The zero-order chi connectivity index (χ0) is 19.7. The van der Waals surface area contributed by atoms with Gasteiger partial charge in [0, 0.05) is 29.9 Å². The lowest BCUT2D eigenvalue weighted by atomic mass is 10.00. The van der Waals surface area contributed by atoms with Crippen molar-refractivity contribution in [1.29, 1.82) is 0 Å². The third-order valence-corrected chi connectivity index (χ3v) is 5.30. The van der Waals surface area contributed by atoms with Crippen LogP contribution in [0.2, 0.25) is 0 Å². The number of amides is 2. The van der Waals surface area contributed by atoms with Crippen LogP contribution in [0.4, 0.5) is 11.4 Å². The topological polar surface area (TPSA) is 67.9 Å². The van der Waals surface area contributed by atoms with Crippen LogP contribution in [0.15, 0.2) is 36.4 Å². The fourth-order valence-corrected chi connectivity index (χ4v) is 3.64. The molecule has 2 aliphatic rings. The van der Waals surface area contributed by atoms with E-state index in [9.17, 15) is 9.59 Å². The molecule has 146 valence electrons. The van der Waals surface area contributed by atoms with E-state index < -0.39 is 0 Å². The molecule has 2 aromatic rings. The molecule has 0 spiro atoms. The average Bonchev–Trinajstić information content (AvgIpc) is 3.57. The fourth-order valence-electron chi connectivity index (χ4n) is 3.64. The Kier molecular flexibility index (Phi) is 4.94. The van der Waals surface area contributed by atoms with E-state index in [-0.39, 0.29) is 17.7 Å². The number of carbonyl (C=O) groups is 2. The van der Waals surface area contributed by atoms with E-state index in [1.165, 1.54) is 7.11 Å². The molecule has 0 atom stereocenters. The molecule has 0 unspecified atom stereocenters. The second-order valence-electron chi connectivity index (χ2n) is 7.23. The van der Waals surface area contributed by atoms with Gasteiger partial charge in [-0.05, 0) is 61.6 Å². The molecule has 1 aliphatic carbocycles. The van der Waals surface area contributed by atoms with E-state index in [1.54, 1.807) is 25.3 Å². The number of hydrogen-bond donors (Lipinski definition) is 1. The van der Waals surface area contributed by atoms with Gasteiger partial charge in [-0.2, -0.15) is 0 Å². The van der Waals surface area contributed by atoms with Gasteiger partial charge in [0.15, 0.2) is 0 Å². The Bertz CT molecular complexity index is 921. The number of rotatable bonds is 5. The van der Waals surface area contributed by atoms with Crippen LogP contribution in [0.1, 0.15) is 35.2 Å². The number of carbonyl (C=O) groups excluding carboxylic acids is 2. The summed E-state index contributed by atoms with van der Waals surface area (Å²) in [7, 11) is 3.09. The zero-order valence-electron chi connectivity index (χ0n) is 16.2. The number of aryl methyl sites for hydroxylation is 1. The fraction of sp³-hybridized carbons (Fsp3) is 0.364.